The van der Waals surface area contributed by atoms with E-state index in [1.807, 2.05) is 13.8 Å². The summed E-state index contributed by atoms with van der Waals surface area (Å²) in [7, 11) is -0.830. The molecular formula is C20H25BF2N2O5. The lowest BCUT2D eigenvalue weighted by molar-refractivity contribution is -0.132. The topological polar surface area (TPSA) is 84.9 Å². The van der Waals surface area contributed by atoms with Crippen LogP contribution >= 0.6 is 0 Å². The van der Waals surface area contributed by atoms with Gasteiger partial charge in [0, 0.05) is 25.5 Å². The van der Waals surface area contributed by atoms with Gasteiger partial charge in [0.1, 0.15) is 18.2 Å². The molecule has 2 heterocycles. The van der Waals surface area contributed by atoms with Gasteiger partial charge in [-0.1, -0.05) is 13.8 Å². The number of Topliss-reactive ketones (excluding diaryl/α,β-unsaturated/α-hetero) is 1. The van der Waals surface area contributed by atoms with Gasteiger partial charge in [0.05, 0.1) is 17.7 Å². The number of benzene rings is 1. The summed E-state index contributed by atoms with van der Waals surface area (Å²) >= 11 is 0. The van der Waals surface area contributed by atoms with Crippen LogP contribution in [0.15, 0.2) is 18.2 Å². The number of carbonyl (C=O) groups excluding carboxylic acids is 3. The van der Waals surface area contributed by atoms with Gasteiger partial charge in [-0.25, -0.2) is 8.78 Å². The molecule has 2 atom stereocenters. The molecular weight excluding hydrogens is 397 g/mol. The maximum atomic E-state index is 14.0. The van der Waals surface area contributed by atoms with Crippen molar-refractivity contribution in [2.24, 2.45) is 5.92 Å². The average Bonchev–Trinajstić information content (AvgIpc) is 3.07. The van der Waals surface area contributed by atoms with Crippen LogP contribution in [0, 0.1) is 17.6 Å². The van der Waals surface area contributed by atoms with Gasteiger partial charge in [0.2, 0.25) is 5.91 Å². The van der Waals surface area contributed by atoms with Crippen molar-refractivity contribution < 1.29 is 32.5 Å². The number of amides is 1. The zero-order valence-corrected chi connectivity index (χ0v) is 17.0. The smallest absolute Gasteiger partial charge is 0.507 e. The molecule has 1 aromatic rings. The van der Waals surface area contributed by atoms with E-state index in [1.165, 1.54) is 6.07 Å². The van der Waals surface area contributed by atoms with Crippen molar-refractivity contribution in [2.45, 2.75) is 51.5 Å². The van der Waals surface area contributed by atoms with Crippen LogP contribution in [0.3, 0.4) is 0 Å². The standard InChI is InChI=1S/C20H25BF2N2O5/c1-12(2)9-18(21-29-11-20(28)30-21)24-19(27)6-5-17(26)16-7-8-25(16)15-4-3-13(22)10-14(15)23/h3-4,10,12,16,18H,5-9,11H2,1-2H3,(H,24,27)/t16-,18-/m0/s1. The average molecular weight is 422 g/mol. The van der Waals surface area contributed by atoms with E-state index in [4.69, 9.17) is 9.31 Å². The van der Waals surface area contributed by atoms with Crippen LogP contribution in [0.25, 0.3) is 0 Å². The Morgan fingerprint density at radius 2 is 2.07 bits per heavy atom. The Morgan fingerprint density at radius 3 is 2.63 bits per heavy atom. The van der Waals surface area contributed by atoms with E-state index in [1.54, 1.807) is 4.90 Å². The fourth-order valence-corrected chi connectivity index (χ4v) is 3.70. The number of nitrogens with zero attached hydrogens (tertiary/aromatic N) is 1. The highest BCUT2D eigenvalue weighted by Crippen LogP contribution is 2.30. The lowest BCUT2D eigenvalue weighted by Crippen LogP contribution is -2.53. The molecule has 0 unspecified atom stereocenters. The summed E-state index contributed by atoms with van der Waals surface area (Å²) in [4.78, 5) is 37.8. The van der Waals surface area contributed by atoms with Gasteiger partial charge < -0.3 is 19.5 Å². The molecule has 162 valence electrons. The lowest BCUT2D eigenvalue weighted by Gasteiger charge is -2.42. The van der Waals surface area contributed by atoms with Gasteiger partial charge in [0.25, 0.3) is 0 Å². The number of ketones is 1. The summed E-state index contributed by atoms with van der Waals surface area (Å²) in [6.07, 6.45) is 1.07. The van der Waals surface area contributed by atoms with Gasteiger partial charge in [0.15, 0.2) is 5.78 Å². The SMILES string of the molecule is CC(C)C[C@H](NC(=O)CCC(=O)[C@@H]1CCN1c1ccc(F)cc1F)B1OCC(=O)O1. The third-order valence-corrected chi connectivity index (χ3v) is 5.22. The Morgan fingerprint density at radius 1 is 1.30 bits per heavy atom. The molecule has 0 saturated carbocycles. The molecule has 2 aliphatic heterocycles. The van der Waals surface area contributed by atoms with Crippen molar-refractivity contribution in [2.75, 3.05) is 18.1 Å². The molecule has 0 aliphatic carbocycles. The number of hydrogen-bond acceptors (Lipinski definition) is 6. The molecule has 1 N–H and O–H groups in total. The van der Waals surface area contributed by atoms with E-state index in [-0.39, 0.29) is 42.7 Å². The largest absolute Gasteiger partial charge is 0.551 e. The summed E-state index contributed by atoms with van der Waals surface area (Å²) in [6, 6.07) is 2.73. The molecule has 7 nitrogen and oxygen atoms in total. The first kappa shape index (κ1) is 22.2. The molecule has 0 radical (unpaired) electrons. The van der Waals surface area contributed by atoms with E-state index in [0.717, 1.165) is 12.1 Å². The summed E-state index contributed by atoms with van der Waals surface area (Å²) in [5.41, 5.74) is 0.183. The third kappa shape index (κ3) is 5.35. The number of carbonyl (C=O) groups is 3. The van der Waals surface area contributed by atoms with Crippen molar-refractivity contribution in [1.29, 1.82) is 0 Å². The van der Waals surface area contributed by atoms with Crippen LogP contribution in [-0.4, -0.2) is 49.9 Å². The number of halogens is 2. The fourth-order valence-electron chi connectivity index (χ4n) is 3.70. The van der Waals surface area contributed by atoms with Crippen LogP contribution in [0.5, 0.6) is 0 Å². The highest BCUT2D eigenvalue weighted by molar-refractivity contribution is 6.50. The molecule has 0 spiro atoms. The summed E-state index contributed by atoms with van der Waals surface area (Å²) < 4.78 is 37.5. The molecule has 2 fully saturated rings. The minimum atomic E-state index is -0.830. The molecule has 2 aliphatic rings. The Labute approximate surface area is 174 Å². The number of nitrogens with one attached hydrogen (secondary N) is 1. The quantitative estimate of drug-likeness (QED) is 0.614. The maximum Gasteiger partial charge on any atom is 0.551 e. The first-order chi connectivity index (χ1) is 14.2. The Balaban J connectivity index is 1.52. The van der Waals surface area contributed by atoms with Crippen molar-refractivity contribution in [1.82, 2.24) is 5.32 Å². The zero-order chi connectivity index (χ0) is 21.8. The second-order valence-corrected chi connectivity index (χ2v) is 8.03. The predicted octanol–water partition coefficient (Wildman–Crippen LogP) is 2.02. The summed E-state index contributed by atoms with van der Waals surface area (Å²) in [6.45, 7) is 4.29. The van der Waals surface area contributed by atoms with Crippen LogP contribution in [0.4, 0.5) is 14.5 Å². The lowest BCUT2D eigenvalue weighted by atomic mass is 9.74. The normalized spacial score (nSPS) is 19.5. The highest BCUT2D eigenvalue weighted by Gasteiger charge is 2.41. The Kier molecular flexibility index (Phi) is 7.07. The minimum absolute atomic E-state index is 0.00444. The fraction of sp³-hybridized carbons (Fsp3) is 0.550. The van der Waals surface area contributed by atoms with Crippen LogP contribution in [0.1, 0.15) is 39.5 Å². The maximum absolute atomic E-state index is 14.0. The van der Waals surface area contributed by atoms with Gasteiger partial charge in [-0.3, -0.25) is 14.4 Å². The van der Waals surface area contributed by atoms with Crippen LogP contribution in [0.2, 0.25) is 0 Å². The minimum Gasteiger partial charge on any atom is -0.507 e. The first-order valence-corrected chi connectivity index (χ1v) is 10.1. The summed E-state index contributed by atoms with van der Waals surface area (Å²) in [5, 5.41) is 2.79. The van der Waals surface area contributed by atoms with Gasteiger partial charge >= 0.3 is 13.1 Å². The highest BCUT2D eigenvalue weighted by atomic mass is 19.1. The van der Waals surface area contributed by atoms with Gasteiger partial charge in [-0.15, -0.1) is 0 Å². The number of rotatable bonds is 9. The molecule has 0 bridgehead atoms. The Bertz CT molecular complexity index is 822. The zero-order valence-electron chi connectivity index (χ0n) is 17.0. The summed E-state index contributed by atoms with van der Waals surface area (Å²) in [5.74, 6) is -2.65. The van der Waals surface area contributed by atoms with E-state index < -0.39 is 36.7 Å². The molecule has 2 saturated heterocycles. The van der Waals surface area contributed by atoms with Gasteiger partial charge in [-0.05, 0) is 30.9 Å². The number of hydrogen-bond donors (Lipinski definition) is 1. The number of anilines is 1. The first-order valence-electron chi connectivity index (χ1n) is 10.1. The second kappa shape index (κ2) is 9.55. The van der Waals surface area contributed by atoms with Crippen LogP contribution in [-0.2, 0) is 23.7 Å². The van der Waals surface area contributed by atoms with Gasteiger partial charge in [-0.2, -0.15) is 0 Å². The van der Waals surface area contributed by atoms with Crippen molar-refractivity contribution in [3.05, 3.63) is 29.8 Å². The van der Waals surface area contributed by atoms with Crippen LogP contribution < -0.4 is 10.2 Å². The van der Waals surface area contributed by atoms with Crippen molar-refractivity contribution in [3.63, 3.8) is 0 Å². The molecule has 1 aromatic carbocycles. The predicted molar refractivity (Wildman–Crippen MR) is 106 cm³/mol. The second-order valence-electron chi connectivity index (χ2n) is 8.03. The molecule has 3 rings (SSSR count). The van der Waals surface area contributed by atoms with E-state index >= 15 is 0 Å². The van der Waals surface area contributed by atoms with E-state index in [9.17, 15) is 23.2 Å². The van der Waals surface area contributed by atoms with Crippen molar-refractivity contribution in [3.8, 4) is 0 Å². The molecule has 1 amide bonds. The monoisotopic (exact) mass is 422 g/mol. The van der Waals surface area contributed by atoms with E-state index in [2.05, 4.69) is 5.32 Å². The van der Waals surface area contributed by atoms with Crippen molar-refractivity contribution >= 4 is 30.5 Å². The Hall–Kier alpha value is -2.49. The van der Waals surface area contributed by atoms with E-state index in [0.29, 0.717) is 19.4 Å². The third-order valence-electron chi connectivity index (χ3n) is 5.22. The molecule has 10 heteroatoms. The molecule has 30 heavy (non-hydrogen) atoms. The molecule has 0 aromatic heterocycles.